The number of anilines is 6. The van der Waals surface area contributed by atoms with Crippen LogP contribution in [0.1, 0.15) is 22.3 Å². The fraction of sp³-hybridized carbons (Fsp3) is 0. The highest BCUT2D eigenvalue weighted by atomic mass is 19.1. The van der Waals surface area contributed by atoms with E-state index in [1.165, 1.54) is 48.5 Å². The highest BCUT2D eigenvalue weighted by Crippen LogP contribution is 2.37. The topological polar surface area (TPSA) is 6.48 Å². The van der Waals surface area contributed by atoms with Crippen molar-refractivity contribution in [2.75, 3.05) is 9.80 Å². The Morgan fingerprint density at radius 3 is 0.786 bits per heavy atom. The van der Waals surface area contributed by atoms with Crippen molar-refractivity contribution in [1.82, 2.24) is 0 Å². The summed E-state index contributed by atoms with van der Waals surface area (Å²) in [5.41, 5.74) is 8.90. The Morgan fingerprint density at radius 2 is 0.518 bits per heavy atom. The first-order chi connectivity index (χ1) is 27.4. The highest BCUT2D eigenvalue weighted by Gasteiger charge is 2.14. The van der Waals surface area contributed by atoms with Gasteiger partial charge in [-0.2, -0.15) is 0 Å². The molecule has 0 aromatic heterocycles. The van der Waals surface area contributed by atoms with Gasteiger partial charge in [0.05, 0.1) is 0 Å². The highest BCUT2D eigenvalue weighted by molar-refractivity contribution is 5.99. The third-order valence-electron chi connectivity index (χ3n) is 9.54. The van der Waals surface area contributed by atoms with Crippen molar-refractivity contribution in [3.63, 3.8) is 0 Å². The Hall–Kier alpha value is -7.18. The van der Waals surface area contributed by atoms with Crippen LogP contribution in [0.25, 0.3) is 35.1 Å². The Morgan fingerprint density at radius 1 is 0.268 bits per heavy atom. The summed E-state index contributed by atoms with van der Waals surface area (Å²) in [6, 6.07) is 53.5. The molecule has 2 nitrogen and oxygen atoms in total. The molecule has 0 aliphatic heterocycles. The lowest BCUT2D eigenvalue weighted by atomic mass is 9.98. The Labute approximate surface area is 323 Å². The van der Waals surface area contributed by atoms with E-state index < -0.39 is 0 Å². The van der Waals surface area contributed by atoms with Gasteiger partial charge >= 0.3 is 0 Å². The van der Waals surface area contributed by atoms with Crippen molar-refractivity contribution in [3.8, 4) is 0 Å². The monoisotopic (exact) mass is 738 g/mol. The van der Waals surface area contributed by atoms with E-state index in [9.17, 15) is 17.6 Å². The van der Waals surface area contributed by atoms with Crippen molar-refractivity contribution in [3.05, 3.63) is 228 Å². The third kappa shape index (κ3) is 8.00. The summed E-state index contributed by atoms with van der Waals surface area (Å²) in [7, 11) is 0. The van der Waals surface area contributed by atoms with Crippen molar-refractivity contribution >= 4 is 69.2 Å². The molecular formula is C50H34F4N2. The number of nitrogens with zero attached hydrogens (tertiary/aromatic N) is 2. The van der Waals surface area contributed by atoms with Crippen LogP contribution in [0.4, 0.5) is 51.7 Å². The van der Waals surface area contributed by atoms with Crippen molar-refractivity contribution < 1.29 is 17.6 Å². The summed E-state index contributed by atoms with van der Waals surface area (Å²) in [5, 5.41) is 2.23. The summed E-state index contributed by atoms with van der Waals surface area (Å²) in [6.45, 7) is 0. The molecule has 0 amide bonds. The van der Waals surface area contributed by atoms with E-state index in [0.717, 1.165) is 67.2 Å². The van der Waals surface area contributed by atoms with Gasteiger partial charge in [0.2, 0.25) is 0 Å². The zero-order valence-corrected chi connectivity index (χ0v) is 30.0. The molecule has 8 aromatic rings. The molecule has 0 N–H and O–H groups in total. The molecule has 0 aliphatic rings. The first-order valence-corrected chi connectivity index (χ1v) is 18.1. The van der Waals surface area contributed by atoms with E-state index >= 15 is 0 Å². The van der Waals surface area contributed by atoms with E-state index in [0.29, 0.717) is 0 Å². The van der Waals surface area contributed by atoms with Crippen molar-refractivity contribution in [2.24, 2.45) is 0 Å². The summed E-state index contributed by atoms with van der Waals surface area (Å²) < 4.78 is 55.0. The molecule has 0 spiro atoms. The van der Waals surface area contributed by atoms with Crippen LogP contribution in [0.2, 0.25) is 0 Å². The molecular weight excluding hydrogens is 705 g/mol. The van der Waals surface area contributed by atoms with Gasteiger partial charge in [-0.3, -0.25) is 0 Å². The lowest BCUT2D eigenvalue weighted by Crippen LogP contribution is -2.09. The molecule has 0 saturated heterocycles. The normalized spacial score (nSPS) is 11.4. The first kappa shape index (κ1) is 35.8. The molecule has 0 saturated carbocycles. The fourth-order valence-corrected chi connectivity index (χ4v) is 6.73. The molecule has 0 fully saturated rings. The average Bonchev–Trinajstić information content (AvgIpc) is 3.23. The summed E-state index contributed by atoms with van der Waals surface area (Å²) in [4.78, 5) is 3.91. The number of halogens is 4. The lowest BCUT2D eigenvalue weighted by molar-refractivity contribution is 0.627. The van der Waals surface area contributed by atoms with Crippen LogP contribution in [0.15, 0.2) is 182 Å². The van der Waals surface area contributed by atoms with Gasteiger partial charge in [0.15, 0.2) is 0 Å². The minimum Gasteiger partial charge on any atom is -0.310 e. The van der Waals surface area contributed by atoms with Crippen LogP contribution in [-0.2, 0) is 0 Å². The number of rotatable bonds is 10. The predicted octanol–water partition coefficient (Wildman–Crippen LogP) is 14.7. The third-order valence-corrected chi connectivity index (χ3v) is 9.54. The maximum atomic E-state index is 13.8. The molecule has 0 aliphatic carbocycles. The molecule has 0 bridgehead atoms. The second kappa shape index (κ2) is 16.0. The molecule has 56 heavy (non-hydrogen) atoms. The smallest absolute Gasteiger partial charge is 0.123 e. The van der Waals surface area contributed by atoms with Crippen LogP contribution in [0.5, 0.6) is 0 Å². The SMILES string of the molecule is Fc1ccc(N(c2ccc(F)cc2)c2ccc(/C=C/c3ccc(/C=C/c4ccc(N(c5ccc(F)cc5)c5ccc(F)cc5)cc4)c4ccccc34)cc2)cc1. The fourth-order valence-electron chi connectivity index (χ4n) is 6.73. The quantitative estimate of drug-likeness (QED) is 0.102. The average molecular weight is 739 g/mol. The molecule has 0 radical (unpaired) electrons. The molecule has 0 heterocycles. The van der Waals surface area contributed by atoms with Crippen molar-refractivity contribution in [2.45, 2.75) is 0 Å². The van der Waals surface area contributed by atoms with Gasteiger partial charge < -0.3 is 9.80 Å². The zero-order valence-electron chi connectivity index (χ0n) is 30.0. The van der Waals surface area contributed by atoms with Gasteiger partial charge in [0, 0.05) is 34.1 Å². The molecule has 8 aromatic carbocycles. The van der Waals surface area contributed by atoms with Crippen LogP contribution in [-0.4, -0.2) is 0 Å². The maximum absolute atomic E-state index is 13.8. The van der Waals surface area contributed by atoms with Gasteiger partial charge in [-0.05, 0) is 154 Å². The lowest BCUT2D eigenvalue weighted by Gasteiger charge is -2.25. The second-order valence-electron chi connectivity index (χ2n) is 13.2. The minimum atomic E-state index is -0.326. The van der Waals surface area contributed by atoms with E-state index in [-0.39, 0.29) is 23.3 Å². The molecule has 272 valence electrons. The van der Waals surface area contributed by atoms with Gasteiger partial charge in [0.25, 0.3) is 0 Å². The number of benzene rings is 8. The Kier molecular flexibility index (Phi) is 10.3. The van der Waals surface area contributed by atoms with Crippen LogP contribution >= 0.6 is 0 Å². The number of hydrogen-bond acceptors (Lipinski definition) is 2. The van der Waals surface area contributed by atoms with E-state index in [2.05, 4.69) is 48.6 Å². The predicted molar refractivity (Wildman–Crippen MR) is 224 cm³/mol. The van der Waals surface area contributed by atoms with Gasteiger partial charge in [-0.1, -0.05) is 85.0 Å². The largest absolute Gasteiger partial charge is 0.310 e. The summed E-state index contributed by atoms with van der Waals surface area (Å²) in [5.74, 6) is -1.31. The van der Waals surface area contributed by atoms with Crippen LogP contribution < -0.4 is 9.80 Å². The van der Waals surface area contributed by atoms with Crippen molar-refractivity contribution in [1.29, 1.82) is 0 Å². The van der Waals surface area contributed by atoms with Crippen LogP contribution in [0.3, 0.4) is 0 Å². The molecule has 0 atom stereocenters. The maximum Gasteiger partial charge on any atom is 0.123 e. The van der Waals surface area contributed by atoms with Gasteiger partial charge in [-0.25, -0.2) is 17.6 Å². The number of hydrogen-bond donors (Lipinski definition) is 0. The van der Waals surface area contributed by atoms with Gasteiger partial charge in [0.1, 0.15) is 23.3 Å². The summed E-state index contributed by atoms with van der Waals surface area (Å²) >= 11 is 0. The minimum absolute atomic E-state index is 0.326. The first-order valence-electron chi connectivity index (χ1n) is 18.1. The van der Waals surface area contributed by atoms with E-state index in [1.807, 2.05) is 70.5 Å². The number of fused-ring (bicyclic) bond motifs is 1. The summed E-state index contributed by atoms with van der Waals surface area (Å²) in [6.07, 6.45) is 8.36. The standard InChI is InChI=1S/C50H34F4N2/c51-39-15-27-45(28-16-39)55(46-29-17-40(52)18-30-46)43-23-7-35(8-24-43)5-11-37-13-14-38(50-4-2-1-3-49(37)50)12-6-36-9-25-44(26-10-36)56(47-31-19-41(53)20-32-47)48-33-21-42(54)22-34-48/h1-34H/b11-5+,12-6+. The molecule has 0 unspecified atom stereocenters. The van der Waals surface area contributed by atoms with E-state index in [4.69, 9.17) is 0 Å². The Bertz CT molecular complexity index is 2360. The molecule has 6 heteroatoms. The Balaban J connectivity index is 1.02. The molecule has 8 rings (SSSR count). The van der Waals surface area contributed by atoms with Gasteiger partial charge in [-0.15, -0.1) is 0 Å². The van der Waals surface area contributed by atoms with E-state index in [1.54, 1.807) is 48.5 Å². The van der Waals surface area contributed by atoms with Crippen LogP contribution in [0, 0.1) is 23.3 Å². The second-order valence-corrected chi connectivity index (χ2v) is 13.2. The zero-order chi connectivity index (χ0) is 38.4.